The molecule has 0 spiro atoms. The molecule has 0 bridgehead atoms. The normalized spacial score (nSPS) is 10.8. The van der Waals surface area contributed by atoms with Crippen molar-refractivity contribution in [3.8, 4) is 5.75 Å². The van der Waals surface area contributed by atoms with Gasteiger partial charge < -0.3 is 14.5 Å². The van der Waals surface area contributed by atoms with Gasteiger partial charge in [-0.3, -0.25) is 4.68 Å². The van der Waals surface area contributed by atoms with Crippen LogP contribution in [-0.2, 0) is 19.7 Å². The molecule has 5 nitrogen and oxygen atoms in total. The molecule has 0 unspecified atom stereocenters. The molecule has 18 heavy (non-hydrogen) atoms. The van der Waals surface area contributed by atoms with E-state index in [9.17, 15) is 0 Å². The molecule has 98 valence electrons. The molecular formula is C13H19N3O2. The number of nitrogens with one attached hydrogen (secondary N) is 1. The number of furan rings is 1. The van der Waals surface area contributed by atoms with Gasteiger partial charge in [-0.15, -0.1) is 0 Å². The Morgan fingerprint density at radius 2 is 2.33 bits per heavy atom. The van der Waals surface area contributed by atoms with Crippen LogP contribution >= 0.6 is 0 Å². The predicted molar refractivity (Wildman–Crippen MR) is 68.4 cm³/mol. The van der Waals surface area contributed by atoms with Gasteiger partial charge in [-0.05, 0) is 32.5 Å². The molecule has 0 aliphatic heterocycles. The Labute approximate surface area is 107 Å². The van der Waals surface area contributed by atoms with E-state index < -0.39 is 0 Å². The number of hydrogen-bond acceptors (Lipinski definition) is 4. The van der Waals surface area contributed by atoms with Gasteiger partial charge in [-0.1, -0.05) is 0 Å². The first kappa shape index (κ1) is 12.7. The Hall–Kier alpha value is -1.75. The molecule has 1 N–H and O–H groups in total. The second-order valence-electron chi connectivity index (χ2n) is 4.17. The van der Waals surface area contributed by atoms with Crippen molar-refractivity contribution < 1.29 is 9.15 Å². The van der Waals surface area contributed by atoms with Crippen LogP contribution in [0.1, 0.15) is 24.0 Å². The standard InChI is InChI=1S/C13H19N3O2/c1-4-16-8-12(6-15-16)17-9-11-5-10(2)13(18-11)7-14-3/h5-6,8,14H,4,7,9H2,1-3H3. The number of rotatable bonds is 6. The van der Waals surface area contributed by atoms with Gasteiger partial charge in [0.1, 0.15) is 18.1 Å². The van der Waals surface area contributed by atoms with Crippen LogP contribution in [-0.4, -0.2) is 16.8 Å². The Balaban J connectivity index is 1.95. The van der Waals surface area contributed by atoms with Crippen molar-refractivity contribution in [3.05, 3.63) is 35.5 Å². The minimum atomic E-state index is 0.431. The molecule has 2 aromatic rings. The third kappa shape index (κ3) is 2.92. The lowest BCUT2D eigenvalue weighted by atomic mass is 10.2. The molecule has 0 aliphatic carbocycles. The van der Waals surface area contributed by atoms with Crippen LogP contribution in [0.15, 0.2) is 22.9 Å². The third-order valence-electron chi connectivity index (χ3n) is 2.72. The van der Waals surface area contributed by atoms with Gasteiger partial charge in [-0.2, -0.15) is 5.10 Å². The molecule has 0 atom stereocenters. The molecule has 2 heterocycles. The minimum absolute atomic E-state index is 0.431. The maximum absolute atomic E-state index is 5.69. The van der Waals surface area contributed by atoms with E-state index in [4.69, 9.17) is 9.15 Å². The van der Waals surface area contributed by atoms with E-state index >= 15 is 0 Å². The van der Waals surface area contributed by atoms with E-state index in [1.54, 1.807) is 6.20 Å². The van der Waals surface area contributed by atoms with E-state index in [-0.39, 0.29) is 0 Å². The van der Waals surface area contributed by atoms with Crippen molar-refractivity contribution in [1.82, 2.24) is 15.1 Å². The predicted octanol–water partition coefficient (Wildman–Crippen LogP) is 2.10. The fourth-order valence-electron chi connectivity index (χ4n) is 1.74. The summed E-state index contributed by atoms with van der Waals surface area (Å²) in [6.45, 7) is 6.08. The van der Waals surface area contributed by atoms with Crippen molar-refractivity contribution in [3.63, 3.8) is 0 Å². The second-order valence-corrected chi connectivity index (χ2v) is 4.17. The van der Waals surface area contributed by atoms with Gasteiger partial charge in [0, 0.05) is 6.54 Å². The maximum atomic E-state index is 5.69. The highest BCUT2D eigenvalue weighted by molar-refractivity contribution is 5.20. The van der Waals surface area contributed by atoms with Gasteiger partial charge in [-0.25, -0.2) is 0 Å². The summed E-state index contributed by atoms with van der Waals surface area (Å²) in [5.74, 6) is 2.56. The summed E-state index contributed by atoms with van der Waals surface area (Å²) in [7, 11) is 1.90. The quantitative estimate of drug-likeness (QED) is 0.851. The van der Waals surface area contributed by atoms with Crippen LogP contribution < -0.4 is 10.1 Å². The van der Waals surface area contributed by atoms with Gasteiger partial charge >= 0.3 is 0 Å². The lowest BCUT2D eigenvalue weighted by molar-refractivity contribution is 0.265. The fraction of sp³-hybridized carbons (Fsp3) is 0.462. The van der Waals surface area contributed by atoms with Crippen molar-refractivity contribution in [2.24, 2.45) is 0 Å². The second kappa shape index (κ2) is 5.73. The van der Waals surface area contributed by atoms with Gasteiger partial charge in [0.2, 0.25) is 0 Å². The molecule has 2 aromatic heterocycles. The Bertz CT molecular complexity index is 502. The van der Waals surface area contributed by atoms with Crippen LogP contribution in [0.4, 0.5) is 0 Å². The third-order valence-corrected chi connectivity index (χ3v) is 2.72. The largest absolute Gasteiger partial charge is 0.482 e. The summed E-state index contributed by atoms with van der Waals surface area (Å²) < 4.78 is 13.1. The molecule has 0 amide bonds. The highest BCUT2D eigenvalue weighted by Crippen LogP contribution is 2.17. The monoisotopic (exact) mass is 249 g/mol. The van der Waals surface area contributed by atoms with Gasteiger partial charge in [0.05, 0.1) is 18.9 Å². The van der Waals surface area contributed by atoms with Crippen molar-refractivity contribution >= 4 is 0 Å². The number of hydrogen-bond donors (Lipinski definition) is 1. The summed E-state index contributed by atoms with van der Waals surface area (Å²) >= 11 is 0. The van der Waals surface area contributed by atoms with Crippen LogP contribution in [0.3, 0.4) is 0 Å². The summed E-state index contributed by atoms with van der Waals surface area (Å²) in [5, 5.41) is 7.23. The highest BCUT2D eigenvalue weighted by Gasteiger charge is 2.08. The molecule has 2 rings (SSSR count). The zero-order chi connectivity index (χ0) is 13.0. The average Bonchev–Trinajstić information content (AvgIpc) is 2.95. The van der Waals surface area contributed by atoms with Gasteiger partial charge in [0.15, 0.2) is 5.75 Å². The molecular weight excluding hydrogens is 230 g/mol. The molecule has 0 saturated carbocycles. The molecule has 5 heteroatoms. The Morgan fingerprint density at radius 1 is 1.50 bits per heavy atom. The van der Waals surface area contributed by atoms with Gasteiger partial charge in [0.25, 0.3) is 0 Å². The maximum Gasteiger partial charge on any atom is 0.157 e. The Morgan fingerprint density at radius 3 is 3.00 bits per heavy atom. The van der Waals surface area contributed by atoms with Crippen LogP contribution in [0.2, 0.25) is 0 Å². The zero-order valence-corrected chi connectivity index (χ0v) is 11.1. The fourth-order valence-corrected chi connectivity index (χ4v) is 1.74. The topological polar surface area (TPSA) is 52.2 Å². The van der Waals surface area contributed by atoms with E-state index in [1.807, 2.05) is 37.8 Å². The lowest BCUT2D eigenvalue weighted by Crippen LogP contribution is -2.04. The molecule has 0 fully saturated rings. The lowest BCUT2D eigenvalue weighted by Gasteiger charge is -2.00. The Kier molecular flexibility index (Phi) is 4.04. The van der Waals surface area contributed by atoms with Crippen LogP contribution in [0.5, 0.6) is 5.75 Å². The summed E-state index contributed by atoms with van der Waals surface area (Å²) in [6.07, 6.45) is 3.60. The van der Waals surface area contributed by atoms with E-state index in [0.717, 1.165) is 35.9 Å². The van der Waals surface area contributed by atoms with Crippen LogP contribution in [0.25, 0.3) is 0 Å². The van der Waals surface area contributed by atoms with Crippen molar-refractivity contribution in [2.75, 3.05) is 7.05 Å². The molecule has 0 radical (unpaired) electrons. The summed E-state index contributed by atoms with van der Waals surface area (Å²) in [5.41, 5.74) is 1.15. The summed E-state index contributed by atoms with van der Waals surface area (Å²) in [4.78, 5) is 0. The summed E-state index contributed by atoms with van der Waals surface area (Å²) in [6, 6.07) is 2.01. The van der Waals surface area contributed by atoms with Crippen LogP contribution in [0, 0.1) is 6.92 Å². The first-order valence-corrected chi connectivity index (χ1v) is 6.11. The molecule has 0 aliphatic rings. The molecule has 0 saturated heterocycles. The van der Waals surface area contributed by atoms with E-state index in [2.05, 4.69) is 10.4 Å². The smallest absolute Gasteiger partial charge is 0.157 e. The first-order chi connectivity index (χ1) is 8.72. The van der Waals surface area contributed by atoms with E-state index in [0.29, 0.717) is 6.61 Å². The molecule has 0 aromatic carbocycles. The number of nitrogens with zero attached hydrogens (tertiary/aromatic N) is 2. The van der Waals surface area contributed by atoms with E-state index in [1.165, 1.54) is 0 Å². The highest BCUT2D eigenvalue weighted by atomic mass is 16.5. The van der Waals surface area contributed by atoms with Crippen molar-refractivity contribution in [2.45, 2.75) is 33.5 Å². The minimum Gasteiger partial charge on any atom is -0.482 e. The zero-order valence-electron chi connectivity index (χ0n) is 11.1. The number of aryl methyl sites for hydroxylation is 2. The SMILES string of the molecule is CCn1cc(OCc2cc(C)c(CNC)o2)cn1. The number of ether oxygens (including phenoxy) is 1. The average molecular weight is 249 g/mol. The number of aromatic nitrogens is 2. The van der Waals surface area contributed by atoms with Crippen molar-refractivity contribution in [1.29, 1.82) is 0 Å². The first-order valence-electron chi connectivity index (χ1n) is 6.11.